The number of aromatic nitrogens is 1. The number of nitrogens with zero attached hydrogens (tertiary/aromatic N) is 1. The van der Waals surface area contributed by atoms with Crippen LogP contribution in [0.1, 0.15) is 23.5 Å². The summed E-state index contributed by atoms with van der Waals surface area (Å²) in [6.45, 7) is 3.00. The van der Waals surface area contributed by atoms with Gasteiger partial charge >= 0.3 is 5.97 Å². The highest BCUT2D eigenvalue weighted by Crippen LogP contribution is 2.35. The number of hydrogen-bond donors (Lipinski definition) is 1. The summed E-state index contributed by atoms with van der Waals surface area (Å²) in [5, 5.41) is 12.3. The quantitative estimate of drug-likeness (QED) is 0.877. The van der Waals surface area contributed by atoms with E-state index in [1.54, 1.807) is 11.3 Å². The second kappa shape index (κ2) is 4.51. The normalized spacial score (nSPS) is 19.6. The van der Waals surface area contributed by atoms with E-state index in [-0.39, 0.29) is 0 Å². The topological polar surface area (TPSA) is 59.4 Å². The minimum absolute atomic E-state index is 0.532. The highest BCUT2D eigenvalue weighted by Gasteiger charge is 2.40. The second-order valence-electron chi connectivity index (χ2n) is 4.26. The van der Waals surface area contributed by atoms with Crippen molar-refractivity contribution >= 4 is 17.3 Å². The molecule has 1 fully saturated rings. The molecule has 16 heavy (non-hydrogen) atoms. The number of aliphatic carboxylic acids is 1. The molecule has 0 aromatic carbocycles. The van der Waals surface area contributed by atoms with E-state index in [9.17, 15) is 9.90 Å². The predicted molar refractivity (Wildman–Crippen MR) is 60.7 cm³/mol. The Morgan fingerprint density at radius 3 is 2.81 bits per heavy atom. The molecule has 0 atom stereocenters. The van der Waals surface area contributed by atoms with Gasteiger partial charge in [-0.2, -0.15) is 0 Å². The Morgan fingerprint density at radius 1 is 1.62 bits per heavy atom. The Morgan fingerprint density at radius 2 is 2.31 bits per heavy atom. The first-order chi connectivity index (χ1) is 7.62. The minimum Gasteiger partial charge on any atom is -0.481 e. The Hall–Kier alpha value is -0.940. The molecule has 1 aliphatic rings. The fraction of sp³-hybridized carbons (Fsp3) is 0.636. The minimum atomic E-state index is -0.719. The summed E-state index contributed by atoms with van der Waals surface area (Å²) in [7, 11) is 0. The van der Waals surface area contributed by atoms with Crippen LogP contribution in [-0.4, -0.2) is 29.3 Å². The average molecular weight is 241 g/mol. The lowest BCUT2D eigenvalue weighted by atomic mass is 9.77. The van der Waals surface area contributed by atoms with Gasteiger partial charge in [0.25, 0.3) is 0 Å². The molecule has 1 aromatic heterocycles. The third-order valence-electron chi connectivity index (χ3n) is 3.06. The summed E-state index contributed by atoms with van der Waals surface area (Å²) in [5.74, 6) is -0.719. The lowest BCUT2D eigenvalue weighted by molar-refractivity contribution is -0.154. The van der Waals surface area contributed by atoms with E-state index in [1.165, 1.54) is 0 Å². The lowest BCUT2D eigenvalue weighted by Gasteiger charge is -2.32. The summed E-state index contributed by atoms with van der Waals surface area (Å²) in [4.78, 5) is 15.8. The fourth-order valence-corrected chi connectivity index (χ4v) is 2.92. The summed E-state index contributed by atoms with van der Waals surface area (Å²) in [6, 6.07) is 0. The van der Waals surface area contributed by atoms with Gasteiger partial charge in [-0.25, -0.2) is 4.98 Å². The van der Waals surface area contributed by atoms with E-state index in [0.29, 0.717) is 32.5 Å². The van der Waals surface area contributed by atoms with Gasteiger partial charge in [0.05, 0.1) is 10.4 Å². The first kappa shape index (κ1) is 11.5. The first-order valence-electron chi connectivity index (χ1n) is 5.35. The van der Waals surface area contributed by atoms with Crippen molar-refractivity contribution in [3.05, 3.63) is 16.1 Å². The Labute approximate surface area is 98.3 Å². The SMILES string of the molecule is Cc1csc(CC2(C(=O)O)CCOCC2)n1. The largest absolute Gasteiger partial charge is 0.481 e. The van der Waals surface area contributed by atoms with Gasteiger partial charge in [-0.05, 0) is 19.8 Å². The number of ether oxygens (including phenoxy) is 1. The number of carboxylic acid groups (broad SMARTS) is 1. The number of rotatable bonds is 3. The van der Waals surface area contributed by atoms with Crippen molar-refractivity contribution in [1.82, 2.24) is 4.98 Å². The van der Waals surface area contributed by atoms with Crippen molar-refractivity contribution < 1.29 is 14.6 Å². The molecule has 0 spiro atoms. The Balaban J connectivity index is 2.16. The molecule has 1 aliphatic heterocycles. The number of aryl methyl sites for hydroxylation is 1. The van der Waals surface area contributed by atoms with Crippen LogP contribution in [0.3, 0.4) is 0 Å². The van der Waals surface area contributed by atoms with E-state index in [2.05, 4.69) is 4.98 Å². The molecule has 0 radical (unpaired) electrons. The number of carboxylic acids is 1. The van der Waals surface area contributed by atoms with E-state index < -0.39 is 11.4 Å². The average Bonchev–Trinajstić information content (AvgIpc) is 2.65. The van der Waals surface area contributed by atoms with Crippen LogP contribution in [0.4, 0.5) is 0 Å². The molecular formula is C11H15NO3S. The van der Waals surface area contributed by atoms with Crippen LogP contribution in [-0.2, 0) is 16.0 Å². The second-order valence-corrected chi connectivity index (χ2v) is 5.20. The van der Waals surface area contributed by atoms with Crippen molar-refractivity contribution in [3.63, 3.8) is 0 Å². The maximum absolute atomic E-state index is 11.4. The van der Waals surface area contributed by atoms with Crippen LogP contribution in [0.5, 0.6) is 0 Å². The van der Waals surface area contributed by atoms with Gasteiger partial charge < -0.3 is 9.84 Å². The molecule has 1 saturated heterocycles. The first-order valence-corrected chi connectivity index (χ1v) is 6.22. The van der Waals surface area contributed by atoms with Gasteiger partial charge in [-0.15, -0.1) is 11.3 Å². The summed E-state index contributed by atoms with van der Waals surface area (Å²) >= 11 is 1.54. The highest BCUT2D eigenvalue weighted by atomic mass is 32.1. The van der Waals surface area contributed by atoms with Crippen molar-refractivity contribution in [2.75, 3.05) is 13.2 Å². The van der Waals surface area contributed by atoms with Gasteiger partial charge in [-0.3, -0.25) is 4.79 Å². The zero-order valence-electron chi connectivity index (χ0n) is 9.23. The van der Waals surface area contributed by atoms with Crippen LogP contribution in [0.15, 0.2) is 5.38 Å². The molecule has 0 amide bonds. The molecule has 5 heteroatoms. The molecule has 0 aliphatic carbocycles. The molecule has 88 valence electrons. The molecule has 4 nitrogen and oxygen atoms in total. The molecule has 2 rings (SSSR count). The molecule has 2 heterocycles. The summed E-state index contributed by atoms with van der Waals surface area (Å²) < 4.78 is 5.24. The van der Waals surface area contributed by atoms with Gasteiger partial charge in [0.1, 0.15) is 0 Å². The zero-order valence-corrected chi connectivity index (χ0v) is 10.0. The molecule has 0 unspecified atom stereocenters. The van der Waals surface area contributed by atoms with Gasteiger partial charge in [0.15, 0.2) is 0 Å². The Kier molecular flexibility index (Phi) is 3.25. The van der Waals surface area contributed by atoms with Gasteiger partial charge in [-0.1, -0.05) is 0 Å². The third-order valence-corrected chi connectivity index (χ3v) is 4.03. The van der Waals surface area contributed by atoms with Crippen LogP contribution in [0, 0.1) is 12.3 Å². The van der Waals surface area contributed by atoms with E-state index in [4.69, 9.17) is 4.74 Å². The maximum atomic E-state index is 11.4. The van der Waals surface area contributed by atoms with Crippen molar-refractivity contribution in [2.45, 2.75) is 26.2 Å². The van der Waals surface area contributed by atoms with E-state index >= 15 is 0 Å². The lowest BCUT2D eigenvalue weighted by Crippen LogP contribution is -2.39. The number of thiazole rings is 1. The van der Waals surface area contributed by atoms with Crippen molar-refractivity contribution in [2.24, 2.45) is 5.41 Å². The van der Waals surface area contributed by atoms with Gasteiger partial charge in [0.2, 0.25) is 0 Å². The molecule has 1 N–H and O–H groups in total. The van der Waals surface area contributed by atoms with Crippen molar-refractivity contribution in [1.29, 1.82) is 0 Å². The maximum Gasteiger partial charge on any atom is 0.310 e. The number of carbonyl (C=O) groups is 1. The van der Waals surface area contributed by atoms with Crippen LogP contribution < -0.4 is 0 Å². The van der Waals surface area contributed by atoms with Crippen LogP contribution in [0.25, 0.3) is 0 Å². The number of hydrogen-bond acceptors (Lipinski definition) is 4. The van der Waals surface area contributed by atoms with Crippen molar-refractivity contribution in [3.8, 4) is 0 Å². The zero-order chi connectivity index (χ0) is 11.6. The van der Waals surface area contributed by atoms with Crippen LogP contribution in [0.2, 0.25) is 0 Å². The standard InChI is InChI=1S/C11H15NO3S/c1-8-7-16-9(12-8)6-11(10(13)14)2-4-15-5-3-11/h7H,2-6H2,1H3,(H,13,14). The van der Waals surface area contributed by atoms with Gasteiger partial charge in [0, 0.05) is 30.7 Å². The van der Waals surface area contributed by atoms with Crippen LogP contribution >= 0.6 is 11.3 Å². The predicted octanol–water partition coefficient (Wildman–Crippen LogP) is 1.88. The molecule has 0 bridgehead atoms. The molecular weight excluding hydrogens is 226 g/mol. The highest BCUT2D eigenvalue weighted by molar-refractivity contribution is 7.09. The fourth-order valence-electron chi connectivity index (χ4n) is 2.00. The monoisotopic (exact) mass is 241 g/mol. The molecule has 0 saturated carbocycles. The Bertz CT molecular complexity index is 382. The van der Waals surface area contributed by atoms with E-state index in [0.717, 1.165) is 10.7 Å². The summed E-state index contributed by atoms with van der Waals surface area (Å²) in [6.07, 6.45) is 1.70. The smallest absolute Gasteiger partial charge is 0.310 e. The third kappa shape index (κ3) is 2.25. The molecule has 1 aromatic rings. The van der Waals surface area contributed by atoms with E-state index in [1.807, 2.05) is 12.3 Å². The summed E-state index contributed by atoms with van der Waals surface area (Å²) in [5.41, 5.74) is 0.301.